The van der Waals surface area contributed by atoms with E-state index >= 15 is 0 Å². The van der Waals surface area contributed by atoms with Crippen LogP contribution in [0.25, 0.3) is 33.6 Å². The quantitative estimate of drug-likeness (QED) is 0.238. The molecule has 1 aliphatic rings. The van der Waals surface area contributed by atoms with Crippen LogP contribution >= 0.6 is 11.6 Å². The summed E-state index contributed by atoms with van der Waals surface area (Å²) in [7, 11) is 3.16. The molecule has 11 heteroatoms. The Labute approximate surface area is 264 Å². The minimum atomic E-state index is -0.447. The molecule has 0 fully saturated rings. The Morgan fingerprint density at radius 1 is 1.00 bits per heavy atom. The molecule has 1 aliphatic heterocycles. The zero-order valence-corrected chi connectivity index (χ0v) is 25.8. The molecule has 2 atom stereocenters. The number of aryl methyl sites for hydroxylation is 1. The van der Waals surface area contributed by atoms with Gasteiger partial charge >= 0.3 is 5.97 Å². The average molecular weight is 623 g/mol. The van der Waals surface area contributed by atoms with E-state index in [1.807, 2.05) is 38.2 Å². The van der Waals surface area contributed by atoms with Gasteiger partial charge in [-0.3, -0.25) is 23.8 Å². The molecule has 0 saturated carbocycles. The first-order valence-corrected chi connectivity index (χ1v) is 15.0. The number of amides is 1. The number of carbonyl (C=O) groups excluding carboxylic acids is 2. The van der Waals surface area contributed by atoms with E-state index in [0.29, 0.717) is 52.5 Å². The van der Waals surface area contributed by atoms with Crippen molar-refractivity contribution >= 4 is 29.2 Å². The third-order valence-corrected chi connectivity index (χ3v) is 8.41. The molecule has 1 amide bonds. The van der Waals surface area contributed by atoms with Gasteiger partial charge in [0.15, 0.2) is 0 Å². The van der Waals surface area contributed by atoms with Crippen LogP contribution in [0.3, 0.4) is 0 Å². The Bertz CT molecular complexity index is 1980. The van der Waals surface area contributed by atoms with Crippen molar-refractivity contribution in [3.05, 3.63) is 106 Å². The molecule has 6 rings (SSSR count). The van der Waals surface area contributed by atoms with Crippen LogP contribution in [-0.4, -0.2) is 43.3 Å². The summed E-state index contributed by atoms with van der Waals surface area (Å²) in [5.74, 6) is -0.758. The number of aromatic nitrogens is 5. The van der Waals surface area contributed by atoms with Crippen LogP contribution < -0.4 is 10.9 Å². The monoisotopic (exact) mass is 622 g/mol. The van der Waals surface area contributed by atoms with Crippen LogP contribution in [0.15, 0.2) is 84.2 Å². The predicted octanol–water partition coefficient (Wildman–Crippen LogP) is 6.16. The number of benzene rings is 2. The smallest absolute Gasteiger partial charge is 0.337 e. The van der Waals surface area contributed by atoms with Crippen LogP contribution in [0.5, 0.6) is 0 Å². The highest BCUT2D eigenvalue weighted by Crippen LogP contribution is 2.35. The summed E-state index contributed by atoms with van der Waals surface area (Å²) in [6.45, 7) is 1.90. The van der Waals surface area contributed by atoms with Gasteiger partial charge in [-0.25, -0.2) is 9.78 Å². The Morgan fingerprint density at radius 3 is 2.64 bits per heavy atom. The topological polar surface area (TPSA) is 121 Å². The molecule has 0 saturated heterocycles. The fourth-order valence-corrected chi connectivity index (χ4v) is 5.96. The van der Waals surface area contributed by atoms with Crippen LogP contribution in [-0.2, 0) is 16.6 Å². The highest BCUT2D eigenvalue weighted by atomic mass is 35.5. The zero-order valence-electron chi connectivity index (χ0n) is 25.0. The number of carbonyl (C=O) groups is 2. The molecule has 10 nitrogen and oxygen atoms in total. The van der Waals surface area contributed by atoms with Crippen molar-refractivity contribution in [1.29, 1.82) is 0 Å². The highest BCUT2D eigenvalue weighted by Gasteiger charge is 2.24. The first-order chi connectivity index (χ1) is 21.7. The molecule has 0 aliphatic carbocycles. The van der Waals surface area contributed by atoms with E-state index in [4.69, 9.17) is 21.3 Å². The lowest BCUT2D eigenvalue weighted by Gasteiger charge is -2.22. The lowest BCUT2D eigenvalue weighted by molar-refractivity contribution is -0.119. The molecule has 0 spiro atoms. The van der Waals surface area contributed by atoms with Gasteiger partial charge in [0.1, 0.15) is 0 Å². The van der Waals surface area contributed by atoms with Gasteiger partial charge in [-0.2, -0.15) is 5.10 Å². The minimum Gasteiger partial charge on any atom is -0.465 e. The first kappa shape index (κ1) is 30.0. The van der Waals surface area contributed by atoms with E-state index in [1.165, 1.54) is 13.2 Å². The van der Waals surface area contributed by atoms with Crippen molar-refractivity contribution in [2.24, 2.45) is 13.0 Å². The number of halogens is 1. The standard InChI is InChI=1S/C34H31ClN6O4/c1-20-6-4-9-30(28-15-22(12-13-36-28)32-29(39-33(20)43)18-38-40(32)2)41-19-37-27(17-31(41)42)26-16-24(35)10-11-25(26)21-7-5-8-23(14-21)34(44)45-3/h5,7-8,10-20,30H,4,6,9H2,1-3H3,(H,39,43). The molecule has 2 bridgehead atoms. The Hall–Kier alpha value is -5.09. The van der Waals surface area contributed by atoms with Crippen molar-refractivity contribution in [1.82, 2.24) is 24.3 Å². The average Bonchev–Trinajstić information content (AvgIpc) is 3.41. The summed E-state index contributed by atoms with van der Waals surface area (Å²) in [4.78, 5) is 48.4. The summed E-state index contributed by atoms with van der Waals surface area (Å²) < 4.78 is 8.20. The molecule has 5 aromatic rings. The molecule has 0 radical (unpaired) electrons. The summed E-state index contributed by atoms with van der Waals surface area (Å²) in [5.41, 5.74) is 5.66. The number of methoxy groups -OCH3 is 1. The molecular formula is C34H31ClN6O4. The van der Waals surface area contributed by atoms with Crippen LogP contribution in [0.2, 0.25) is 5.02 Å². The maximum atomic E-state index is 13.8. The summed E-state index contributed by atoms with van der Waals surface area (Å²) in [5, 5.41) is 7.88. The third-order valence-electron chi connectivity index (χ3n) is 8.18. The van der Waals surface area contributed by atoms with Gasteiger partial charge in [-0.05, 0) is 60.4 Å². The molecule has 228 valence electrons. The van der Waals surface area contributed by atoms with Crippen molar-refractivity contribution in [3.63, 3.8) is 0 Å². The summed E-state index contributed by atoms with van der Waals surface area (Å²) >= 11 is 6.41. The molecule has 2 unspecified atom stereocenters. The number of ether oxygens (including phenoxy) is 1. The lowest BCUT2D eigenvalue weighted by Crippen LogP contribution is -2.27. The van der Waals surface area contributed by atoms with E-state index in [2.05, 4.69) is 15.4 Å². The second-order valence-corrected chi connectivity index (χ2v) is 11.6. The second kappa shape index (κ2) is 12.5. The van der Waals surface area contributed by atoms with Crippen molar-refractivity contribution in [2.75, 3.05) is 12.4 Å². The fourth-order valence-electron chi connectivity index (χ4n) is 5.79. The van der Waals surface area contributed by atoms with E-state index in [-0.39, 0.29) is 17.4 Å². The predicted molar refractivity (Wildman–Crippen MR) is 172 cm³/mol. The maximum absolute atomic E-state index is 13.8. The van der Waals surface area contributed by atoms with E-state index in [1.54, 1.807) is 58.3 Å². The fraction of sp³-hybridized carbons (Fsp3) is 0.235. The third kappa shape index (κ3) is 6.01. The van der Waals surface area contributed by atoms with E-state index in [0.717, 1.165) is 22.4 Å². The van der Waals surface area contributed by atoms with Crippen LogP contribution in [0.4, 0.5) is 5.69 Å². The number of rotatable bonds is 4. The normalized spacial score (nSPS) is 16.6. The SMILES string of the molecule is COC(=O)c1cccc(-c2ccc(Cl)cc2-c2cc(=O)n(C3CCCC(C)C(=O)Nc4cnn(C)c4-c4ccnc3c4)cn2)c1. The molecule has 3 aromatic heterocycles. The second-order valence-electron chi connectivity index (χ2n) is 11.1. The number of pyridine rings is 1. The van der Waals surface area contributed by atoms with Crippen LogP contribution in [0, 0.1) is 5.92 Å². The van der Waals surface area contributed by atoms with Gasteiger partial charge in [0, 0.05) is 41.4 Å². The van der Waals surface area contributed by atoms with Crippen molar-refractivity contribution in [2.45, 2.75) is 32.2 Å². The van der Waals surface area contributed by atoms with Crippen LogP contribution in [0.1, 0.15) is 48.3 Å². The Kier molecular flexibility index (Phi) is 8.32. The van der Waals surface area contributed by atoms with E-state index < -0.39 is 12.0 Å². The lowest BCUT2D eigenvalue weighted by atomic mass is 9.96. The van der Waals surface area contributed by atoms with Gasteiger partial charge in [0.05, 0.1) is 54.0 Å². The zero-order chi connectivity index (χ0) is 31.7. The van der Waals surface area contributed by atoms with Gasteiger partial charge in [0.2, 0.25) is 5.91 Å². The number of hydrogen-bond donors (Lipinski definition) is 1. The van der Waals surface area contributed by atoms with Gasteiger partial charge in [-0.15, -0.1) is 0 Å². The van der Waals surface area contributed by atoms with Gasteiger partial charge in [0.25, 0.3) is 5.56 Å². The Morgan fingerprint density at radius 2 is 1.84 bits per heavy atom. The number of nitrogens with zero attached hydrogens (tertiary/aromatic N) is 5. The van der Waals surface area contributed by atoms with Crippen molar-refractivity contribution < 1.29 is 14.3 Å². The number of fused-ring (bicyclic) bond motifs is 4. The molecule has 2 aromatic carbocycles. The number of anilines is 1. The number of hydrogen-bond acceptors (Lipinski definition) is 7. The summed E-state index contributed by atoms with van der Waals surface area (Å²) in [6, 6.07) is 17.3. The van der Waals surface area contributed by atoms with Gasteiger partial charge < -0.3 is 10.1 Å². The molecule has 45 heavy (non-hydrogen) atoms. The minimum absolute atomic E-state index is 0.0757. The number of esters is 1. The first-order valence-electron chi connectivity index (χ1n) is 14.6. The maximum Gasteiger partial charge on any atom is 0.337 e. The van der Waals surface area contributed by atoms with Gasteiger partial charge in [-0.1, -0.05) is 43.1 Å². The largest absolute Gasteiger partial charge is 0.465 e. The molecule has 4 heterocycles. The molecular weight excluding hydrogens is 592 g/mol. The summed E-state index contributed by atoms with van der Waals surface area (Å²) in [6.07, 6.45) is 6.80. The number of nitrogens with one attached hydrogen (secondary N) is 1. The van der Waals surface area contributed by atoms with E-state index in [9.17, 15) is 14.4 Å². The Balaban J connectivity index is 1.42. The molecule has 1 N–H and O–H groups in total. The highest BCUT2D eigenvalue weighted by molar-refractivity contribution is 6.31. The van der Waals surface area contributed by atoms with Crippen molar-refractivity contribution in [3.8, 4) is 33.6 Å².